The molecule has 2 aliphatic heterocycles. The summed E-state index contributed by atoms with van der Waals surface area (Å²) in [7, 11) is 3.33. The van der Waals surface area contributed by atoms with Gasteiger partial charge in [0.25, 0.3) is 0 Å². The minimum Gasteiger partial charge on any atom is -0.493 e. The molecule has 0 unspecified atom stereocenters. The van der Waals surface area contributed by atoms with Gasteiger partial charge in [-0.15, -0.1) is 0 Å². The molecule has 4 rings (SSSR count). The van der Waals surface area contributed by atoms with Crippen LogP contribution in [-0.2, 0) is 16.1 Å². The van der Waals surface area contributed by atoms with Crippen molar-refractivity contribution in [3.8, 4) is 11.5 Å². The van der Waals surface area contributed by atoms with Crippen LogP contribution in [0.4, 0.5) is 0 Å². The van der Waals surface area contributed by atoms with E-state index in [0.29, 0.717) is 19.1 Å². The van der Waals surface area contributed by atoms with Crippen LogP contribution in [0.2, 0.25) is 0 Å². The molecule has 1 saturated heterocycles. The van der Waals surface area contributed by atoms with E-state index in [9.17, 15) is 0 Å². The third-order valence-electron chi connectivity index (χ3n) is 5.47. The second kappa shape index (κ2) is 8.84. The highest BCUT2D eigenvalue weighted by molar-refractivity contribution is 6.03. The molecular formula is C23H28N2O4. The van der Waals surface area contributed by atoms with Crippen molar-refractivity contribution < 1.29 is 19.0 Å². The lowest BCUT2D eigenvalue weighted by Gasteiger charge is -2.18. The molecular weight excluding hydrogens is 368 g/mol. The van der Waals surface area contributed by atoms with Gasteiger partial charge in [0.2, 0.25) is 0 Å². The van der Waals surface area contributed by atoms with Gasteiger partial charge in [0, 0.05) is 32.3 Å². The highest BCUT2D eigenvalue weighted by atomic mass is 16.6. The maximum Gasteiger partial charge on any atom is 0.161 e. The molecule has 154 valence electrons. The lowest BCUT2D eigenvalue weighted by Crippen LogP contribution is -2.23. The number of fused-ring (bicyclic) bond motifs is 1. The van der Waals surface area contributed by atoms with Gasteiger partial charge in [-0.25, -0.2) is 0 Å². The van der Waals surface area contributed by atoms with Crippen LogP contribution in [0, 0.1) is 12.8 Å². The van der Waals surface area contributed by atoms with Gasteiger partial charge in [0.15, 0.2) is 11.5 Å². The van der Waals surface area contributed by atoms with Crippen molar-refractivity contribution >= 4 is 5.71 Å². The molecule has 1 fully saturated rings. The summed E-state index contributed by atoms with van der Waals surface area (Å²) in [6, 6.07) is 14.6. The number of rotatable bonds is 8. The van der Waals surface area contributed by atoms with Crippen molar-refractivity contribution in [1.29, 1.82) is 0 Å². The fraction of sp³-hybridized carbons (Fsp3) is 0.435. The quantitative estimate of drug-likeness (QED) is 0.641. The largest absolute Gasteiger partial charge is 0.493 e. The molecule has 29 heavy (non-hydrogen) atoms. The average Bonchev–Trinajstić information content (AvgIpc) is 3.29. The highest BCUT2D eigenvalue weighted by Crippen LogP contribution is 2.33. The van der Waals surface area contributed by atoms with Crippen molar-refractivity contribution in [1.82, 2.24) is 4.90 Å². The third-order valence-corrected chi connectivity index (χ3v) is 5.47. The van der Waals surface area contributed by atoms with Crippen molar-refractivity contribution in [3.63, 3.8) is 0 Å². The second-order valence-electron chi connectivity index (χ2n) is 7.62. The summed E-state index contributed by atoms with van der Waals surface area (Å²) in [5.74, 6) is 1.80. The molecule has 0 saturated carbocycles. The molecule has 0 N–H and O–H groups in total. The van der Waals surface area contributed by atoms with E-state index < -0.39 is 0 Å². The van der Waals surface area contributed by atoms with E-state index in [1.807, 2.05) is 12.1 Å². The van der Waals surface area contributed by atoms with Crippen molar-refractivity contribution in [3.05, 3.63) is 59.2 Å². The summed E-state index contributed by atoms with van der Waals surface area (Å²) >= 11 is 0. The van der Waals surface area contributed by atoms with Crippen molar-refractivity contribution in [2.24, 2.45) is 11.1 Å². The maximum atomic E-state index is 5.76. The summed E-state index contributed by atoms with van der Waals surface area (Å²) in [5.41, 5.74) is 4.66. The Hall–Kier alpha value is -2.57. The SMILES string of the molecule is COCCOc1ccc(CN2C[C@@H]3ON=C(c4cccc(C)c4)[C@@H]3C2)cc1OC. The Kier molecular flexibility index (Phi) is 6.02. The number of hydrogen-bond acceptors (Lipinski definition) is 6. The average molecular weight is 396 g/mol. The molecule has 6 nitrogen and oxygen atoms in total. The molecule has 6 heteroatoms. The van der Waals surface area contributed by atoms with Crippen LogP contribution in [0.5, 0.6) is 11.5 Å². The van der Waals surface area contributed by atoms with E-state index in [4.69, 9.17) is 19.0 Å². The van der Waals surface area contributed by atoms with Crippen LogP contribution in [0.3, 0.4) is 0 Å². The Morgan fingerprint density at radius 2 is 1.97 bits per heavy atom. The van der Waals surface area contributed by atoms with Crippen molar-refractivity contribution in [2.45, 2.75) is 19.6 Å². The summed E-state index contributed by atoms with van der Waals surface area (Å²) in [6.07, 6.45) is 0.129. The molecule has 2 aliphatic rings. The zero-order valence-electron chi connectivity index (χ0n) is 17.3. The van der Waals surface area contributed by atoms with Gasteiger partial charge < -0.3 is 19.0 Å². The summed E-state index contributed by atoms with van der Waals surface area (Å²) < 4.78 is 16.3. The zero-order chi connectivity index (χ0) is 20.2. The zero-order valence-corrected chi connectivity index (χ0v) is 17.3. The summed E-state index contributed by atoms with van der Waals surface area (Å²) in [6.45, 7) is 5.80. The van der Waals surface area contributed by atoms with Crippen LogP contribution in [-0.4, -0.2) is 57.2 Å². The van der Waals surface area contributed by atoms with E-state index >= 15 is 0 Å². The number of hydrogen-bond donors (Lipinski definition) is 0. The first-order valence-corrected chi connectivity index (χ1v) is 9.99. The molecule has 2 heterocycles. The Labute approximate surface area is 172 Å². The summed E-state index contributed by atoms with van der Waals surface area (Å²) in [5, 5.41) is 4.39. The molecule has 2 aromatic rings. The molecule has 0 aromatic heterocycles. The standard InChI is InChI=1S/C23H28N2O4/c1-16-5-4-6-18(11-16)23-19-14-25(15-22(19)29-24-23)13-17-7-8-20(21(12-17)27-3)28-10-9-26-2/h4-8,11-12,19,22H,9-10,13-15H2,1-3H3/t19-,22+/m1/s1. The van der Waals surface area contributed by atoms with Crippen LogP contribution < -0.4 is 9.47 Å². The normalized spacial score (nSPS) is 20.9. The number of methoxy groups -OCH3 is 2. The fourth-order valence-electron chi connectivity index (χ4n) is 4.04. The molecule has 0 radical (unpaired) electrons. The number of oxime groups is 1. The van der Waals surface area contributed by atoms with Crippen LogP contribution in [0.15, 0.2) is 47.6 Å². The first kappa shape index (κ1) is 19.7. The number of likely N-dealkylation sites (tertiary alicyclic amines) is 1. The smallest absolute Gasteiger partial charge is 0.161 e. The molecule has 0 bridgehead atoms. The number of aryl methyl sites for hydroxylation is 1. The van der Waals surface area contributed by atoms with Gasteiger partial charge in [-0.1, -0.05) is 41.1 Å². The van der Waals surface area contributed by atoms with E-state index in [2.05, 4.69) is 47.3 Å². The van der Waals surface area contributed by atoms with Crippen molar-refractivity contribution in [2.75, 3.05) is 40.5 Å². The van der Waals surface area contributed by atoms with Gasteiger partial charge in [0.05, 0.1) is 25.3 Å². The first-order chi connectivity index (χ1) is 14.2. The van der Waals surface area contributed by atoms with Gasteiger partial charge in [-0.05, 0) is 24.6 Å². The van der Waals surface area contributed by atoms with Crippen LogP contribution in [0.25, 0.3) is 0 Å². The maximum absolute atomic E-state index is 5.76. The first-order valence-electron chi connectivity index (χ1n) is 9.99. The Balaban J connectivity index is 1.41. The Morgan fingerprint density at radius 3 is 2.76 bits per heavy atom. The number of benzene rings is 2. The van der Waals surface area contributed by atoms with Crippen LogP contribution >= 0.6 is 0 Å². The minimum atomic E-state index is 0.129. The van der Waals surface area contributed by atoms with Crippen LogP contribution in [0.1, 0.15) is 16.7 Å². The van der Waals surface area contributed by atoms with E-state index in [-0.39, 0.29) is 6.10 Å². The van der Waals surface area contributed by atoms with Gasteiger partial charge in [0.1, 0.15) is 12.7 Å². The highest BCUT2D eigenvalue weighted by Gasteiger charge is 2.42. The summed E-state index contributed by atoms with van der Waals surface area (Å²) in [4.78, 5) is 8.18. The predicted octanol–water partition coefficient (Wildman–Crippen LogP) is 3.26. The molecule has 0 aliphatic carbocycles. The minimum absolute atomic E-state index is 0.129. The number of ether oxygens (including phenoxy) is 3. The van der Waals surface area contributed by atoms with Gasteiger partial charge >= 0.3 is 0 Å². The number of nitrogens with zero attached hydrogens (tertiary/aromatic N) is 2. The third kappa shape index (κ3) is 4.38. The lowest BCUT2D eigenvalue weighted by atomic mass is 9.94. The Morgan fingerprint density at radius 1 is 1.07 bits per heavy atom. The fourth-order valence-corrected chi connectivity index (χ4v) is 4.04. The Bertz CT molecular complexity index is 883. The van der Waals surface area contributed by atoms with Gasteiger partial charge in [-0.3, -0.25) is 4.90 Å². The molecule has 0 amide bonds. The molecule has 0 spiro atoms. The molecule has 2 atom stereocenters. The van der Waals surface area contributed by atoms with Gasteiger partial charge in [-0.2, -0.15) is 0 Å². The second-order valence-corrected chi connectivity index (χ2v) is 7.62. The van der Waals surface area contributed by atoms with E-state index in [1.54, 1.807) is 14.2 Å². The molecule has 2 aromatic carbocycles. The monoisotopic (exact) mass is 396 g/mol. The van der Waals surface area contributed by atoms with E-state index in [0.717, 1.165) is 36.8 Å². The lowest BCUT2D eigenvalue weighted by molar-refractivity contribution is 0.0745. The topological polar surface area (TPSA) is 52.5 Å². The van der Waals surface area contributed by atoms with E-state index in [1.165, 1.54) is 16.7 Å². The predicted molar refractivity (Wildman–Crippen MR) is 112 cm³/mol.